The van der Waals surface area contributed by atoms with Crippen molar-refractivity contribution in [3.8, 4) is 5.75 Å². The number of thioether (sulfide) groups is 1. The topological polar surface area (TPSA) is 50.9 Å². The molecule has 1 saturated heterocycles. The van der Waals surface area contributed by atoms with E-state index in [2.05, 4.69) is 9.89 Å². The third-order valence-corrected chi connectivity index (χ3v) is 4.73. The van der Waals surface area contributed by atoms with Crippen LogP contribution in [-0.4, -0.2) is 42.1 Å². The van der Waals surface area contributed by atoms with E-state index in [0.29, 0.717) is 12.5 Å². The molecule has 116 valence electrons. The van der Waals surface area contributed by atoms with Gasteiger partial charge in [-0.25, -0.2) is 4.99 Å². The van der Waals surface area contributed by atoms with Crippen LogP contribution in [0.15, 0.2) is 17.1 Å². The molecule has 2 N–H and O–H groups in total. The largest absolute Gasteiger partial charge is 0.493 e. The van der Waals surface area contributed by atoms with Crippen molar-refractivity contribution in [2.45, 2.75) is 13.0 Å². The third-order valence-electron chi connectivity index (χ3n) is 3.57. The lowest BCUT2D eigenvalue weighted by atomic mass is 10.1. The Kier molecular flexibility index (Phi) is 6.31. The van der Waals surface area contributed by atoms with Gasteiger partial charge in [0, 0.05) is 41.6 Å². The maximum absolute atomic E-state index is 6.14. The van der Waals surface area contributed by atoms with Gasteiger partial charge in [0.2, 0.25) is 0 Å². The minimum atomic E-state index is 0. The maximum Gasteiger partial charge on any atom is 0.191 e. The van der Waals surface area contributed by atoms with Gasteiger partial charge in [0.05, 0.1) is 13.2 Å². The quantitative estimate of drug-likeness (QED) is 0.437. The van der Waals surface area contributed by atoms with Crippen LogP contribution in [0, 0.1) is 0 Å². The molecule has 0 unspecified atom stereocenters. The second kappa shape index (κ2) is 7.78. The third kappa shape index (κ3) is 4.10. The molecule has 0 atom stereocenters. The molecule has 0 spiro atoms. The Labute approximate surface area is 151 Å². The Morgan fingerprint density at radius 3 is 2.90 bits per heavy atom. The summed E-state index contributed by atoms with van der Waals surface area (Å²) < 4.78 is 5.68. The summed E-state index contributed by atoms with van der Waals surface area (Å²) in [5, 5.41) is 0.743. The summed E-state index contributed by atoms with van der Waals surface area (Å²) in [6.45, 7) is 3.21. The Morgan fingerprint density at radius 1 is 1.38 bits per heavy atom. The zero-order valence-electron chi connectivity index (χ0n) is 11.7. The summed E-state index contributed by atoms with van der Waals surface area (Å²) in [6.07, 6.45) is 0.922. The van der Waals surface area contributed by atoms with E-state index in [-0.39, 0.29) is 24.0 Å². The summed E-state index contributed by atoms with van der Waals surface area (Å²) in [7, 11) is 0. The fourth-order valence-electron chi connectivity index (χ4n) is 2.52. The van der Waals surface area contributed by atoms with E-state index in [0.717, 1.165) is 54.0 Å². The van der Waals surface area contributed by atoms with Gasteiger partial charge in [0.15, 0.2) is 5.96 Å². The molecular weight excluding hydrogens is 421 g/mol. The summed E-state index contributed by atoms with van der Waals surface area (Å²) in [5.74, 6) is 3.80. The number of guanidine groups is 1. The number of hydrogen-bond donors (Lipinski definition) is 1. The Bertz CT molecular complexity index is 535. The lowest BCUT2D eigenvalue weighted by Gasteiger charge is -2.27. The first kappa shape index (κ1) is 17.0. The van der Waals surface area contributed by atoms with Crippen molar-refractivity contribution in [1.29, 1.82) is 0 Å². The number of nitrogens with two attached hydrogens (primary N) is 1. The van der Waals surface area contributed by atoms with Crippen LogP contribution in [0.5, 0.6) is 5.75 Å². The molecule has 0 radical (unpaired) electrons. The van der Waals surface area contributed by atoms with E-state index in [1.165, 1.54) is 5.56 Å². The zero-order valence-corrected chi connectivity index (χ0v) is 15.6. The summed E-state index contributed by atoms with van der Waals surface area (Å²) in [6, 6.07) is 3.90. The summed E-state index contributed by atoms with van der Waals surface area (Å²) >= 11 is 8.10. The molecule has 4 nitrogen and oxygen atoms in total. The molecule has 0 saturated carbocycles. The first-order chi connectivity index (χ1) is 9.74. The molecule has 1 aromatic carbocycles. The number of ether oxygens (including phenoxy) is 1. The van der Waals surface area contributed by atoms with Crippen molar-refractivity contribution in [2.75, 3.05) is 31.2 Å². The fourth-order valence-corrected chi connectivity index (χ4v) is 3.69. The van der Waals surface area contributed by atoms with Crippen LogP contribution in [0.3, 0.4) is 0 Å². The zero-order chi connectivity index (χ0) is 13.9. The van der Waals surface area contributed by atoms with E-state index >= 15 is 0 Å². The lowest BCUT2D eigenvalue weighted by Crippen LogP contribution is -2.42. The Balaban J connectivity index is 0.00000161. The van der Waals surface area contributed by atoms with E-state index in [1.807, 2.05) is 23.9 Å². The second-order valence-electron chi connectivity index (χ2n) is 4.93. The molecule has 0 bridgehead atoms. The van der Waals surface area contributed by atoms with E-state index in [9.17, 15) is 0 Å². The van der Waals surface area contributed by atoms with Gasteiger partial charge >= 0.3 is 0 Å². The van der Waals surface area contributed by atoms with Gasteiger partial charge in [-0.1, -0.05) is 11.6 Å². The van der Waals surface area contributed by atoms with Crippen molar-refractivity contribution < 1.29 is 4.74 Å². The lowest BCUT2D eigenvalue weighted by molar-refractivity contribution is 0.353. The first-order valence-electron chi connectivity index (χ1n) is 6.81. The minimum absolute atomic E-state index is 0. The highest BCUT2D eigenvalue weighted by Crippen LogP contribution is 2.33. The van der Waals surface area contributed by atoms with Crippen molar-refractivity contribution in [3.05, 3.63) is 28.3 Å². The monoisotopic (exact) mass is 439 g/mol. The first-order valence-corrected chi connectivity index (χ1v) is 8.34. The average Bonchev–Trinajstić information content (AvgIpc) is 2.93. The van der Waals surface area contributed by atoms with Gasteiger partial charge in [-0.2, -0.15) is 11.8 Å². The molecule has 0 aromatic heterocycles. The second-order valence-corrected chi connectivity index (χ2v) is 6.59. The van der Waals surface area contributed by atoms with Crippen LogP contribution in [-0.2, 0) is 13.0 Å². The number of rotatable bonds is 2. The highest BCUT2D eigenvalue weighted by Gasteiger charge is 2.18. The van der Waals surface area contributed by atoms with E-state index < -0.39 is 0 Å². The van der Waals surface area contributed by atoms with Crippen LogP contribution in [0.2, 0.25) is 5.02 Å². The van der Waals surface area contributed by atoms with Gasteiger partial charge in [0.1, 0.15) is 5.75 Å². The van der Waals surface area contributed by atoms with Crippen LogP contribution in [0.4, 0.5) is 0 Å². The van der Waals surface area contributed by atoms with Crippen LogP contribution >= 0.6 is 47.3 Å². The number of benzene rings is 1. The van der Waals surface area contributed by atoms with Gasteiger partial charge in [0.25, 0.3) is 0 Å². The molecule has 3 rings (SSSR count). The SMILES string of the molecule is I.NC(=NCc1cc(Cl)cc2c1OCC2)N1CCSCC1. The van der Waals surface area contributed by atoms with Crippen molar-refractivity contribution in [2.24, 2.45) is 10.7 Å². The fraction of sp³-hybridized carbons (Fsp3) is 0.500. The standard InChI is InChI=1S/C14H18ClN3OS.HI/c15-12-7-10-1-4-19-13(10)11(8-12)9-17-14(16)18-2-5-20-6-3-18;/h7-8H,1-6,9H2,(H2,16,17);1H. The van der Waals surface area contributed by atoms with Gasteiger partial charge in [-0.3, -0.25) is 0 Å². The van der Waals surface area contributed by atoms with Crippen LogP contribution in [0.1, 0.15) is 11.1 Å². The Hall–Kier alpha value is -0.340. The van der Waals surface area contributed by atoms with E-state index in [4.69, 9.17) is 22.1 Å². The number of fused-ring (bicyclic) bond motifs is 1. The summed E-state index contributed by atoms with van der Waals surface area (Å²) in [5.41, 5.74) is 8.28. The molecule has 2 aliphatic heterocycles. The maximum atomic E-state index is 6.14. The Morgan fingerprint density at radius 2 is 2.14 bits per heavy atom. The molecule has 0 aliphatic carbocycles. The smallest absolute Gasteiger partial charge is 0.191 e. The van der Waals surface area contributed by atoms with Crippen LogP contribution in [0.25, 0.3) is 0 Å². The molecule has 2 aliphatic rings. The molecule has 7 heteroatoms. The number of nitrogens with zero attached hydrogens (tertiary/aromatic N) is 2. The normalized spacial score (nSPS) is 18.0. The van der Waals surface area contributed by atoms with Gasteiger partial charge in [-0.15, -0.1) is 24.0 Å². The van der Waals surface area contributed by atoms with Gasteiger partial charge in [-0.05, 0) is 17.7 Å². The molecule has 1 aromatic rings. The molecule has 21 heavy (non-hydrogen) atoms. The number of hydrogen-bond acceptors (Lipinski definition) is 3. The van der Waals surface area contributed by atoms with Crippen molar-refractivity contribution in [3.63, 3.8) is 0 Å². The van der Waals surface area contributed by atoms with E-state index in [1.54, 1.807) is 0 Å². The summed E-state index contributed by atoms with van der Waals surface area (Å²) in [4.78, 5) is 6.65. The van der Waals surface area contributed by atoms with Crippen LogP contribution < -0.4 is 10.5 Å². The average molecular weight is 440 g/mol. The highest BCUT2D eigenvalue weighted by atomic mass is 127. The van der Waals surface area contributed by atoms with Crippen molar-refractivity contribution in [1.82, 2.24) is 4.90 Å². The minimum Gasteiger partial charge on any atom is -0.493 e. The molecule has 1 fully saturated rings. The predicted molar refractivity (Wildman–Crippen MR) is 100 cm³/mol. The highest BCUT2D eigenvalue weighted by molar-refractivity contribution is 14.0. The van der Waals surface area contributed by atoms with Crippen molar-refractivity contribution >= 4 is 53.3 Å². The molecular formula is C14H19ClIN3OS. The number of halogens is 2. The molecule has 0 amide bonds. The van der Waals surface area contributed by atoms with Gasteiger partial charge < -0.3 is 15.4 Å². The predicted octanol–water partition coefficient (Wildman–Crippen LogP) is 2.76. The number of aliphatic imine (C=N–C) groups is 1. The molecule has 2 heterocycles.